The quantitative estimate of drug-likeness (QED) is 0.0406. The summed E-state index contributed by atoms with van der Waals surface area (Å²) >= 11 is 0. The molecule has 0 bridgehead atoms. The highest BCUT2D eigenvalue weighted by Crippen LogP contribution is 2.48. The van der Waals surface area contributed by atoms with Crippen LogP contribution in [-0.4, -0.2) is 28.4 Å². The molecular formula is C55H64O7. The van der Waals surface area contributed by atoms with Crippen molar-refractivity contribution in [3.05, 3.63) is 125 Å². The lowest BCUT2D eigenvalue weighted by molar-refractivity contribution is 0.291. The number of ether oxygens (including phenoxy) is 7. The molecule has 326 valence electrons. The fourth-order valence-corrected chi connectivity index (χ4v) is 7.32. The number of unbranched alkanes of at least 4 members (excludes halogenated alkanes) is 8. The van der Waals surface area contributed by atoms with Crippen LogP contribution >= 0.6 is 0 Å². The van der Waals surface area contributed by atoms with Crippen LogP contribution in [-0.2, 0) is 32.7 Å². The number of hydrogen-bond donors (Lipinski definition) is 0. The van der Waals surface area contributed by atoms with Crippen LogP contribution in [0.5, 0.6) is 40.2 Å². The number of aryl methyl sites for hydroxylation is 2. The van der Waals surface area contributed by atoms with Gasteiger partial charge < -0.3 is 33.2 Å². The van der Waals surface area contributed by atoms with E-state index >= 15 is 0 Å². The van der Waals surface area contributed by atoms with Crippen molar-refractivity contribution in [2.75, 3.05) is 28.4 Å². The molecule has 0 spiro atoms. The topological polar surface area (TPSA) is 64.6 Å². The van der Waals surface area contributed by atoms with Gasteiger partial charge in [0.1, 0.15) is 60.1 Å². The molecule has 0 aliphatic heterocycles. The Morgan fingerprint density at radius 1 is 0.371 bits per heavy atom. The summed E-state index contributed by atoms with van der Waals surface area (Å²) in [6.45, 7) is 4.92. The maximum absolute atomic E-state index is 6.91. The summed E-state index contributed by atoms with van der Waals surface area (Å²) in [5.41, 5.74) is 7.15. The number of methoxy groups -OCH3 is 4. The monoisotopic (exact) mass is 836 g/mol. The van der Waals surface area contributed by atoms with Crippen LogP contribution in [0.3, 0.4) is 0 Å². The molecule has 7 nitrogen and oxygen atoms in total. The average molecular weight is 837 g/mol. The van der Waals surface area contributed by atoms with Crippen LogP contribution in [0.15, 0.2) is 97.1 Å². The van der Waals surface area contributed by atoms with Gasteiger partial charge in [-0.05, 0) is 135 Å². The molecule has 0 heterocycles. The van der Waals surface area contributed by atoms with Gasteiger partial charge in [-0.1, -0.05) is 62.1 Å². The standard InChI is InChI=1S/C55H64O7/c1-7-9-11-13-15-16-17-19-21-45-35-52(61-40-43-25-31-48(57-4)32-26-43)55(53(36-45)62-41-44-27-33-49(58-5)34-28-44)54-46(22-20-18-14-12-10-8-2)37-50(38-51(54)59-6)60-39-42-23-29-47(56-3)30-24-42/h23-38H,11-22,39-41H2,1-6H3. The van der Waals surface area contributed by atoms with Gasteiger partial charge >= 0.3 is 0 Å². The minimum atomic E-state index is 0.359. The summed E-state index contributed by atoms with van der Waals surface area (Å²) in [5.74, 6) is 17.8. The first-order chi connectivity index (χ1) is 30.5. The van der Waals surface area contributed by atoms with Crippen molar-refractivity contribution in [3.8, 4) is 75.1 Å². The third-order valence-electron chi connectivity index (χ3n) is 10.8. The predicted octanol–water partition coefficient (Wildman–Crippen LogP) is 13.2. The smallest absolute Gasteiger partial charge is 0.131 e. The maximum Gasteiger partial charge on any atom is 0.131 e. The van der Waals surface area contributed by atoms with Gasteiger partial charge in [0.15, 0.2) is 0 Å². The van der Waals surface area contributed by atoms with Crippen molar-refractivity contribution in [3.63, 3.8) is 0 Å². The number of rotatable bonds is 26. The lowest BCUT2D eigenvalue weighted by Gasteiger charge is -2.23. The van der Waals surface area contributed by atoms with Crippen molar-refractivity contribution in [2.24, 2.45) is 0 Å². The second-order valence-corrected chi connectivity index (χ2v) is 15.2. The molecule has 0 amide bonds. The SMILES string of the molecule is CC#CCCCCCCCc1cc(OCc2ccc(OC)cc2)c(-c2c(CCCCCC#CC)cc(OCc3ccc(OC)cc3)cc2OC)c(OCc2ccc(OC)cc2)c1. The van der Waals surface area contributed by atoms with Crippen molar-refractivity contribution < 1.29 is 33.2 Å². The minimum absolute atomic E-state index is 0.359. The zero-order valence-electron chi connectivity index (χ0n) is 37.7. The summed E-state index contributed by atoms with van der Waals surface area (Å²) in [5, 5.41) is 0. The Bertz CT molecular complexity index is 2150. The highest BCUT2D eigenvalue weighted by molar-refractivity contribution is 5.85. The molecule has 7 heteroatoms. The normalized spacial score (nSPS) is 10.5. The summed E-state index contributed by atoms with van der Waals surface area (Å²) in [7, 11) is 6.75. The second-order valence-electron chi connectivity index (χ2n) is 15.2. The van der Waals surface area contributed by atoms with Crippen LogP contribution in [0.2, 0.25) is 0 Å². The van der Waals surface area contributed by atoms with Gasteiger partial charge in [0.25, 0.3) is 0 Å². The van der Waals surface area contributed by atoms with Gasteiger partial charge in [-0.25, -0.2) is 0 Å². The van der Waals surface area contributed by atoms with Crippen molar-refractivity contribution in [1.29, 1.82) is 0 Å². The molecule has 5 rings (SSSR count). The fraction of sp³-hybridized carbons (Fsp3) is 0.382. The van der Waals surface area contributed by atoms with E-state index in [4.69, 9.17) is 33.2 Å². The molecule has 0 unspecified atom stereocenters. The molecule has 0 aromatic heterocycles. The number of benzene rings is 5. The summed E-state index contributed by atoms with van der Waals surface area (Å²) < 4.78 is 42.9. The zero-order valence-corrected chi connectivity index (χ0v) is 37.7. The van der Waals surface area contributed by atoms with Crippen LogP contribution in [0.4, 0.5) is 0 Å². The molecule has 0 aliphatic rings. The van der Waals surface area contributed by atoms with Crippen molar-refractivity contribution >= 4 is 0 Å². The van der Waals surface area contributed by atoms with Gasteiger partial charge in [-0.15, -0.1) is 23.7 Å². The Kier molecular flexibility index (Phi) is 19.8. The zero-order chi connectivity index (χ0) is 43.8. The highest BCUT2D eigenvalue weighted by atomic mass is 16.5. The first-order valence-electron chi connectivity index (χ1n) is 21.9. The summed E-state index contributed by atoms with van der Waals surface area (Å²) in [6.07, 6.45) is 12.3. The Morgan fingerprint density at radius 3 is 1.27 bits per heavy atom. The molecule has 0 saturated carbocycles. The van der Waals surface area contributed by atoms with E-state index in [1.54, 1.807) is 28.4 Å². The third-order valence-corrected chi connectivity index (χ3v) is 10.8. The van der Waals surface area contributed by atoms with Crippen LogP contribution < -0.4 is 33.2 Å². The first kappa shape index (κ1) is 46.9. The Morgan fingerprint density at radius 2 is 0.806 bits per heavy atom. The maximum atomic E-state index is 6.91. The Labute approximate surface area is 371 Å². The molecule has 5 aromatic rings. The molecule has 0 aliphatic carbocycles. The van der Waals surface area contributed by atoms with Gasteiger partial charge in [0, 0.05) is 24.5 Å². The Hall–Kier alpha value is -6.18. The second kappa shape index (κ2) is 26.2. The van der Waals surface area contributed by atoms with Crippen LogP contribution in [0.1, 0.15) is 106 Å². The van der Waals surface area contributed by atoms with E-state index in [1.165, 1.54) is 12.8 Å². The molecular weight excluding hydrogens is 773 g/mol. The fourth-order valence-electron chi connectivity index (χ4n) is 7.32. The molecule has 0 N–H and O–H groups in total. The molecule has 0 saturated heterocycles. The van der Waals surface area contributed by atoms with E-state index in [0.717, 1.165) is 138 Å². The lowest BCUT2D eigenvalue weighted by Crippen LogP contribution is -2.06. The van der Waals surface area contributed by atoms with Gasteiger partial charge in [0.2, 0.25) is 0 Å². The molecule has 0 atom stereocenters. The lowest BCUT2D eigenvalue weighted by atomic mass is 9.91. The largest absolute Gasteiger partial charge is 0.497 e. The molecule has 0 fully saturated rings. The molecule has 0 radical (unpaired) electrons. The van der Waals surface area contributed by atoms with Crippen molar-refractivity contribution in [1.82, 2.24) is 0 Å². The minimum Gasteiger partial charge on any atom is -0.497 e. The average Bonchev–Trinajstić information content (AvgIpc) is 3.31. The van der Waals surface area contributed by atoms with E-state index in [9.17, 15) is 0 Å². The Balaban J connectivity index is 1.59. The highest BCUT2D eigenvalue weighted by Gasteiger charge is 2.24. The van der Waals surface area contributed by atoms with Crippen molar-refractivity contribution in [2.45, 2.75) is 111 Å². The van der Waals surface area contributed by atoms with E-state index in [1.807, 2.05) is 92.7 Å². The van der Waals surface area contributed by atoms with Gasteiger partial charge in [-0.3, -0.25) is 0 Å². The molecule has 62 heavy (non-hydrogen) atoms. The van der Waals surface area contributed by atoms with Crippen LogP contribution in [0, 0.1) is 23.7 Å². The molecule has 5 aromatic carbocycles. The van der Waals surface area contributed by atoms with E-state index in [-0.39, 0.29) is 0 Å². The van der Waals surface area contributed by atoms with Gasteiger partial charge in [0.05, 0.1) is 34.0 Å². The van der Waals surface area contributed by atoms with Crippen LogP contribution in [0.25, 0.3) is 11.1 Å². The number of hydrogen-bond acceptors (Lipinski definition) is 7. The summed E-state index contributed by atoms with van der Waals surface area (Å²) in [4.78, 5) is 0. The summed E-state index contributed by atoms with van der Waals surface area (Å²) in [6, 6.07) is 32.5. The third kappa shape index (κ3) is 14.8. The van der Waals surface area contributed by atoms with Gasteiger partial charge in [-0.2, -0.15) is 0 Å². The van der Waals surface area contributed by atoms with E-state index in [2.05, 4.69) is 41.9 Å². The predicted molar refractivity (Wildman–Crippen MR) is 251 cm³/mol. The van der Waals surface area contributed by atoms with E-state index < -0.39 is 0 Å². The first-order valence-corrected chi connectivity index (χ1v) is 21.9. The van der Waals surface area contributed by atoms with E-state index in [0.29, 0.717) is 25.6 Å².